The minimum Gasteiger partial charge on any atom is -0.350 e. The maximum Gasteiger partial charge on any atom is 0.238 e. The second-order valence-corrected chi connectivity index (χ2v) is 8.50. The molecule has 1 atom stereocenters. The van der Waals surface area contributed by atoms with Crippen LogP contribution >= 0.6 is 0 Å². The summed E-state index contributed by atoms with van der Waals surface area (Å²) in [5.74, 6) is -0.694. The molecular weight excluding hydrogens is 240 g/mol. The van der Waals surface area contributed by atoms with Crippen LogP contribution in [0.2, 0.25) is 0 Å². The number of rotatable bonds is 4. The Morgan fingerprint density at radius 3 is 1.94 bits per heavy atom. The lowest BCUT2D eigenvalue weighted by Gasteiger charge is -2.25. The maximum atomic E-state index is 11.9. The van der Waals surface area contributed by atoms with Crippen molar-refractivity contribution in [1.82, 2.24) is 5.32 Å². The molecule has 0 saturated heterocycles. The molecule has 3 N–H and O–H groups in total. The van der Waals surface area contributed by atoms with Gasteiger partial charge >= 0.3 is 0 Å². The largest absolute Gasteiger partial charge is 0.350 e. The lowest BCUT2D eigenvalue weighted by atomic mass is 10.1. The SMILES string of the molecule is CC(C(=O)NC(C)(C)C)S(=O)(=O)CC(C)(C)N. The molecular formula is C11H24N2O3S. The lowest BCUT2D eigenvalue weighted by molar-refractivity contribution is -0.121. The van der Waals surface area contributed by atoms with E-state index >= 15 is 0 Å². The van der Waals surface area contributed by atoms with Crippen molar-refractivity contribution in [3.63, 3.8) is 0 Å². The molecule has 1 unspecified atom stereocenters. The van der Waals surface area contributed by atoms with Gasteiger partial charge in [-0.25, -0.2) is 8.42 Å². The first-order valence-corrected chi connectivity index (χ1v) is 7.29. The number of amides is 1. The Bertz CT molecular complexity index is 375. The summed E-state index contributed by atoms with van der Waals surface area (Å²) in [5.41, 5.74) is 4.39. The van der Waals surface area contributed by atoms with Gasteiger partial charge in [-0.3, -0.25) is 4.79 Å². The average molecular weight is 264 g/mol. The van der Waals surface area contributed by atoms with Crippen molar-refractivity contribution < 1.29 is 13.2 Å². The topological polar surface area (TPSA) is 89.3 Å². The minimum absolute atomic E-state index is 0.210. The number of hydrogen-bond acceptors (Lipinski definition) is 4. The highest BCUT2D eigenvalue weighted by Gasteiger charge is 2.33. The van der Waals surface area contributed by atoms with Crippen molar-refractivity contribution >= 4 is 15.7 Å². The van der Waals surface area contributed by atoms with E-state index in [9.17, 15) is 13.2 Å². The third-order valence-corrected chi connectivity index (χ3v) is 4.42. The number of hydrogen-bond donors (Lipinski definition) is 2. The first-order valence-electron chi connectivity index (χ1n) is 5.57. The standard InChI is InChI=1S/C11H24N2O3S/c1-8(9(14)13-10(2,3)4)17(15,16)7-11(5,6)12/h8H,7,12H2,1-6H3,(H,13,14). The molecule has 0 spiro atoms. The summed E-state index contributed by atoms with van der Waals surface area (Å²) in [6, 6.07) is 0. The number of sulfone groups is 1. The van der Waals surface area contributed by atoms with Crippen LogP contribution in [0.3, 0.4) is 0 Å². The molecule has 6 heteroatoms. The Morgan fingerprint density at radius 2 is 1.65 bits per heavy atom. The van der Waals surface area contributed by atoms with Crippen LogP contribution in [0.1, 0.15) is 41.5 Å². The van der Waals surface area contributed by atoms with Crippen LogP contribution in [-0.4, -0.2) is 36.4 Å². The first kappa shape index (κ1) is 16.4. The molecule has 102 valence electrons. The summed E-state index contributed by atoms with van der Waals surface area (Å²) in [5, 5.41) is 1.57. The lowest BCUT2D eigenvalue weighted by Crippen LogP contribution is -2.50. The molecule has 0 aliphatic heterocycles. The molecule has 0 rings (SSSR count). The predicted octanol–water partition coefficient (Wildman–Crippen LogP) is 0.442. The van der Waals surface area contributed by atoms with Gasteiger partial charge in [0.05, 0.1) is 5.75 Å². The molecule has 0 aromatic heterocycles. The fourth-order valence-electron chi connectivity index (χ4n) is 1.28. The molecule has 0 aromatic rings. The van der Waals surface area contributed by atoms with Gasteiger partial charge in [-0.15, -0.1) is 0 Å². The van der Waals surface area contributed by atoms with E-state index in [4.69, 9.17) is 5.73 Å². The summed E-state index contributed by atoms with van der Waals surface area (Å²) >= 11 is 0. The van der Waals surface area contributed by atoms with Gasteiger partial charge in [0.2, 0.25) is 5.91 Å². The van der Waals surface area contributed by atoms with E-state index < -0.39 is 32.1 Å². The van der Waals surface area contributed by atoms with E-state index in [0.29, 0.717) is 0 Å². The van der Waals surface area contributed by atoms with Gasteiger partial charge in [0.25, 0.3) is 0 Å². The summed E-state index contributed by atoms with van der Waals surface area (Å²) in [4.78, 5) is 11.8. The zero-order valence-corrected chi connectivity index (χ0v) is 12.3. The monoisotopic (exact) mass is 264 g/mol. The Hall–Kier alpha value is -0.620. The predicted molar refractivity (Wildman–Crippen MR) is 69.4 cm³/mol. The van der Waals surface area contributed by atoms with Crippen molar-refractivity contribution in [2.45, 2.75) is 57.9 Å². The second kappa shape index (κ2) is 4.94. The molecule has 0 saturated carbocycles. The molecule has 1 amide bonds. The summed E-state index contributed by atoms with van der Waals surface area (Å²) in [7, 11) is -3.53. The fraction of sp³-hybridized carbons (Fsp3) is 0.909. The smallest absolute Gasteiger partial charge is 0.238 e. The van der Waals surface area contributed by atoms with Crippen LogP contribution in [0.4, 0.5) is 0 Å². The third kappa shape index (κ3) is 6.63. The Morgan fingerprint density at radius 1 is 1.24 bits per heavy atom. The maximum absolute atomic E-state index is 11.9. The van der Waals surface area contributed by atoms with Gasteiger partial charge in [-0.1, -0.05) is 0 Å². The molecule has 0 heterocycles. The van der Waals surface area contributed by atoms with Crippen LogP contribution in [-0.2, 0) is 14.6 Å². The van der Waals surface area contributed by atoms with Gasteiger partial charge in [0.15, 0.2) is 9.84 Å². The zero-order valence-electron chi connectivity index (χ0n) is 11.5. The van der Waals surface area contributed by atoms with Crippen molar-refractivity contribution in [3.8, 4) is 0 Å². The number of carbonyl (C=O) groups is 1. The Labute approximate surface area is 104 Å². The highest BCUT2D eigenvalue weighted by Crippen LogP contribution is 2.11. The van der Waals surface area contributed by atoms with Crippen molar-refractivity contribution in [2.24, 2.45) is 5.73 Å². The number of nitrogens with two attached hydrogens (primary N) is 1. The van der Waals surface area contributed by atoms with Gasteiger partial charge in [-0.2, -0.15) is 0 Å². The number of nitrogens with one attached hydrogen (secondary N) is 1. The van der Waals surface area contributed by atoms with Gasteiger partial charge in [0.1, 0.15) is 5.25 Å². The molecule has 0 aliphatic carbocycles. The molecule has 0 bridgehead atoms. The molecule has 17 heavy (non-hydrogen) atoms. The normalized spacial score (nSPS) is 15.5. The molecule has 0 radical (unpaired) electrons. The van der Waals surface area contributed by atoms with E-state index in [2.05, 4.69) is 5.32 Å². The van der Waals surface area contributed by atoms with Crippen LogP contribution in [0, 0.1) is 0 Å². The van der Waals surface area contributed by atoms with Gasteiger partial charge < -0.3 is 11.1 Å². The van der Waals surface area contributed by atoms with E-state index in [0.717, 1.165) is 0 Å². The van der Waals surface area contributed by atoms with Crippen LogP contribution in [0.5, 0.6) is 0 Å². The van der Waals surface area contributed by atoms with Crippen LogP contribution < -0.4 is 11.1 Å². The average Bonchev–Trinajstić information content (AvgIpc) is 1.94. The van der Waals surface area contributed by atoms with Gasteiger partial charge in [-0.05, 0) is 41.5 Å². The molecule has 0 aromatic carbocycles. The Kier molecular flexibility index (Phi) is 4.76. The first-order chi connectivity index (χ1) is 7.25. The number of carbonyl (C=O) groups excluding carboxylic acids is 1. The van der Waals surface area contributed by atoms with Gasteiger partial charge in [0, 0.05) is 11.1 Å². The molecule has 0 aliphatic rings. The van der Waals surface area contributed by atoms with E-state index in [1.54, 1.807) is 34.6 Å². The highest BCUT2D eigenvalue weighted by atomic mass is 32.2. The van der Waals surface area contributed by atoms with E-state index in [1.165, 1.54) is 6.92 Å². The molecule has 5 nitrogen and oxygen atoms in total. The van der Waals surface area contributed by atoms with Crippen LogP contribution in [0.15, 0.2) is 0 Å². The van der Waals surface area contributed by atoms with E-state index in [1.807, 2.05) is 0 Å². The fourth-order valence-corrected chi connectivity index (χ4v) is 2.95. The second-order valence-electron chi connectivity index (χ2n) is 6.18. The quantitative estimate of drug-likeness (QED) is 0.771. The van der Waals surface area contributed by atoms with Crippen molar-refractivity contribution in [1.29, 1.82) is 0 Å². The Balaban J connectivity index is 4.82. The summed E-state index contributed by atoms with van der Waals surface area (Å²) in [6.45, 7) is 10.0. The molecule has 0 fully saturated rings. The van der Waals surface area contributed by atoms with Crippen molar-refractivity contribution in [3.05, 3.63) is 0 Å². The third-order valence-electron chi connectivity index (χ3n) is 1.98. The van der Waals surface area contributed by atoms with Crippen LogP contribution in [0.25, 0.3) is 0 Å². The summed E-state index contributed by atoms with van der Waals surface area (Å²) < 4.78 is 23.9. The van der Waals surface area contributed by atoms with Crippen molar-refractivity contribution in [2.75, 3.05) is 5.75 Å². The zero-order chi connectivity index (χ0) is 14.1. The highest BCUT2D eigenvalue weighted by molar-refractivity contribution is 7.92. The summed E-state index contributed by atoms with van der Waals surface area (Å²) in [6.07, 6.45) is 0. The minimum atomic E-state index is -3.53. The van der Waals surface area contributed by atoms with E-state index in [-0.39, 0.29) is 5.75 Å².